The van der Waals surface area contributed by atoms with Crippen molar-refractivity contribution in [3.8, 4) is 0 Å². The molecule has 2 aromatic rings. The first-order valence-corrected chi connectivity index (χ1v) is 10.5. The number of benzene rings is 2. The van der Waals surface area contributed by atoms with Crippen LogP contribution in [-0.4, -0.2) is 28.3 Å². The molecule has 2 aromatic carbocycles. The van der Waals surface area contributed by atoms with Crippen LogP contribution in [0.25, 0.3) is 0 Å². The summed E-state index contributed by atoms with van der Waals surface area (Å²) in [6.07, 6.45) is 0.242. The third kappa shape index (κ3) is 4.99. The van der Waals surface area contributed by atoms with Crippen LogP contribution in [-0.2, 0) is 26.5 Å². The minimum atomic E-state index is -4.12. The number of nitrogens with zero attached hydrogens (tertiary/aromatic N) is 1. The van der Waals surface area contributed by atoms with Gasteiger partial charge in [0.25, 0.3) is 5.69 Å². The van der Waals surface area contributed by atoms with Crippen LogP contribution in [0.4, 0.5) is 5.69 Å². The van der Waals surface area contributed by atoms with Gasteiger partial charge in [0, 0.05) is 17.6 Å². The highest BCUT2D eigenvalue weighted by Gasteiger charge is 2.25. The first-order valence-electron chi connectivity index (χ1n) is 7.06. The summed E-state index contributed by atoms with van der Waals surface area (Å²) >= 11 is 5.67. The topological polar surface area (TPSA) is 149 Å². The molecular formula is C14H14ClN3O6S2. The van der Waals surface area contributed by atoms with Crippen LogP contribution < -0.4 is 9.86 Å². The van der Waals surface area contributed by atoms with E-state index < -0.39 is 35.6 Å². The van der Waals surface area contributed by atoms with Crippen molar-refractivity contribution in [1.82, 2.24) is 4.72 Å². The fraction of sp³-hybridized carbons (Fsp3) is 0.143. The standard InChI is InChI=1S/C14H14ClN3O6S2/c15-11-3-6-14(13(9-11)18(19)20)26(23,24)17-8-7-10-1-4-12(5-2-10)25(16,21)22/h1-6,9,17H,7-8H2,(H2,16,21,22). The predicted molar refractivity (Wildman–Crippen MR) is 94.8 cm³/mol. The Hall–Kier alpha value is -2.05. The van der Waals surface area contributed by atoms with Crippen molar-refractivity contribution < 1.29 is 21.8 Å². The zero-order chi connectivity index (χ0) is 19.5. The van der Waals surface area contributed by atoms with Crippen molar-refractivity contribution in [3.05, 3.63) is 63.2 Å². The zero-order valence-corrected chi connectivity index (χ0v) is 15.5. The SMILES string of the molecule is NS(=O)(=O)c1ccc(CCNS(=O)(=O)c2ccc(Cl)cc2[N+](=O)[O-])cc1. The first kappa shape index (κ1) is 20.3. The molecule has 0 atom stereocenters. The van der Waals surface area contributed by atoms with Crippen molar-refractivity contribution in [3.63, 3.8) is 0 Å². The zero-order valence-electron chi connectivity index (χ0n) is 13.1. The maximum atomic E-state index is 12.3. The molecule has 0 aliphatic heterocycles. The number of nitro benzene ring substituents is 1. The molecule has 0 unspecified atom stereocenters. The minimum absolute atomic E-state index is 0.0448. The van der Waals surface area contributed by atoms with Gasteiger partial charge in [-0.1, -0.05) is 23.7 Å². The second-order valence-corrected chi connectivity index (χ2v) is 8.94. The van der Waals surface area contributed by atoms with Gasteiger partial charge in [-0.3, -0.25) is 10.1 Å². The average molecular weight is 420 g/mol. The Balaban J connectivity index is 2.11. The van der Waals surface area contributed by atoms with Crippen LogP contribution in [0.15, 0.2) is 52.3 Å². The number of hydrogen-bond donors (Lipinski definition) is 2. The molecule has 0 spiro atoms. The summed E-state index contributed by atoms with van der Waals surface area (Å²) in [5, 5.41) is 16.1. The smallest absolute Gasteiger partial charge is 0.258 e. The lowest BCUT2D eigenvalue weighted by atomic mass is 10.2. The van der Waals surface area contributed by atoms with Gasteiger partial charge in [0.1, 0.15) is 0 Å². The van der Waals surface area contributed by atoms with E-state index in [0.29, 0.717) is 5.56 Å². The number of rotatable bonds is 7. The molecule has 26 heavy (non-hydrogen) atoms. The number of sulfonamides is 2. The van der Waals surface area contributed by atoms with Crippen LogP contribution in [0.1, 0.15) is 5.56 Å². The van der Waals surface area contributed by atoms with Gasteiger partial charge in [-0.2, -0.15) is 0 Å². The molecule has 3 N–H and O–H groups in total. The number of nitrogens with one attached hydrogen (secondary N) is 1. The van der Waals surface area contributed by atoms with Crippen LogP contribution in [0.5, 0.6) is 0 Å². The first-order chi connectivity index (χ1) is 12.0. The van der Waals surface area contributed by atoms with E-state index in [1.807, 2.05) is 0 Å². The summed E-state index contributed by atoms with van der Waals surface area (Å²) in [5.41, 5.74) is 0.0354. The number of hydrogen-bond acceptors (Lipinski definition) is 6. The molecule has 140 valence electrons. The summed E-state index contributed by atoms with van der Waals surface area (Å²) < 4.78 is 49.2. The second kappa shape index (κ2) is 7.68. The second-order valence-electron chi connectivity index (χ2n) is 5.21. The number of primary sulfonamides is 1. The maximum absolute atomic E-state index is 12.3. The molecule has 0 amide bonds. The maximum Gasteiger partial charge on any atom is 0.290 e. The van der Waals surface area contributed by atoms with E-state index in [1.165, 1.54) is 30.3 Å². The van der Waals surface area contributed by atoms with E-state index in [2.05, 4.69) is 4.72 Å². The Kier molecular flexibility index (Phi) is 5.98. The Morgan fingerprint density at radius 3 is 2.23 bits per heavy atom. The molecular weight excluding hydrogens is 406 g/mol. The highest BCUT2D eigenvalue weighted by Crippen LogP contribution is 2.26. The van der Waals surface area contributed by atoms with Crippen molar-refractivity contribution in [1.29, 1.82) is 0 Å². The molecule has 12 heteroatoms. The van der Waals surface area contributed by atoms with Crippen LogP contribution in [0, 0.1) is 10.1 Å². The van der Waals surface area contributed by atoms with Gasteiger partial charge in [0.2, 0.25) is 20.0 Å². The van der Waals surface area contributed by atoms with Crippen LogP contribution in [0.2, 0.25) is 5.02 Å². The summed E-state index contributed by atoms with van der Waals surface area (Å²) in [6.45, 7) is -0.0448. The van der Waals surface area contributed by atoms with Gasteiger partial charge in [-0.05, 0) is 36.2 Å². The van der Waals surface area contributed by atoms with Gasteiger partial charge in [0.05, 0.1) is 9.82 Å². The van der Waals surface area contributed by atoms with Gasteiger partial charge in [-0.15, -0.1) is 0 Å². The van der Waals surface area contributed by atoms with E-state index in [-0.39, 0.29) is 22.9 Å². The van der Waals surface area contributed by atoms with Crippen molar-refractivity contribution in [2.75, 3.05) is 6.54 Å². The molecule has 2 rings (SSSR count). The third-order valence-corrected chi connectivity index (χ3v) is 6.04. The highest BCUT2D eigenvalue weighted by atomic mass is 35.5. The molecule has 0 aliphatic rings. The fourth-order valence-corrected chi connectivity index (χ4v) is 3.98. The molecule has 0 bridgehead atoms. The summed E-state index contributed by atoms with van der Waals surface area (Å²) in [4.78, 5) is 9.65. The molecule has 0 heterocycles. The lowest BCUT2D eigenvalue weighted by Crippen LogP contribution is -2.26. The predicted octanol–water partition coefficient (Wildman–Crippen LogP) is 1.42. The molecule has 0 aromatic heterocycles. The van der Waals surface area contributed by atoms with Crippen molar-refractivity contribution in [2.24, 2.45) is 5.14 Å². The Morgan fingerprint density at radius 2 is 1.69 bits per heavy atom. The van der Waals surface area contributed by atoms with E-state index in [9.17, 15) is 26.9 Å². The van der Waals surface area contributed by atoms with E-state index in [1.54, 1.807) is 0 Å². The largest absolute Gasteiger partial charge is 0.290 e. The number of nitro groups is 1. The lowest BCUT2D eigenvalue weighted by molar-refractivity contribution is -0.387. The monoisotopic (exact) mass is 419 g/mol. The molecule has 0 saturated heterocycles. The van der Waals surface area contributed by atoms with E-state index in [4.69, 9.17) is 16.7 Å². The third-order valence-electron chi connectivity index (χ3n) is 3.36. The van der Waals surface area contributed by atoms with Gasteiger partial charge in [-0.25, -0.2) is 26.7 Å². The minimum Gasteiger partial charge on any atom is -0.258 e. The van der Waals surface area contributed by atoms with E-state index >= 15 is 0 Å². The molecule has 0 aliphatic carbocycles. The normalized spacial score (nSPS) is 12.1. The van der Waals surface area contributed by atoms with Gasteiger partial charge in [0.15, 0.2) is 4.90 Å². The number of halogens is 1. The van der Waals surface area contributed by atoms with Crippen molar-refractivity contribution in [2.45, 2.75) is 16.2 Å². The van der Waals surface area contributed by atoms with E-state index in [0.717, 1.165) is 12.1 Å². The lowest BCUT2D eigenvalue weighted by Gasteiger charge is -2.08. The Bertz CT molecular complexity index is 1040. The summed E-state index contributed by atoms with van der Waals surface area (Å²) in [6, 6.07) is 8.88. The average Bonchev–Trinajstić information content (AvgIpc) is 2.54. The Labute approximate surface area is 155 Å². The quantitative estimate of drug-likeness (QED) is 0.511. The molecule has 0 radical (unpaired) electrons. The van der Waals surface area contributed by atoms with Crippen LogP contribution >= 0.6 is 11.6 Å². The fourth-order valence-electron chi connectivity index (χ4n) is 2.11. The van der Waals surface area contributed by atoms with Crippen LogP contribution in [0.3, 0.4) is 0 Å². The number of nitrogens with two attached hydrogens (primary N) is 1. The van der Waals surface area contributed by atoms with Gasteiger partial charge >= 0.3 is 0 Å². The summed E-state index contributed by atoms with van der Waals surface area (Å²) in [7, 11) is -7.92. The Morgan fingerprint density at radius 1 is 1.08 bits per heavy atom. The molecule has 0 fully saturated rings. The van der Waals surface area contributed by atoms with Crippen molar-refractivity contribution >= 4 is 37.3 Å². The summed E-state index contributed by atoms with van der Waals surface area (Å²) in [5.74, 6) is 0. The van der Waals surface area contributed by atoms with Gasteiger partial charge < -0.3 is 0 Å². The highest BCUT2D eigenvalue weighted by molar-refractivity contribution is 7.89. The molecule has 0 saturated carbocycles. The molecule has 9 nitrogen and oxygen atoms in total.